The van der Waals surface area contributed by atoms with Gasteiger partial charge in [0.15, 0.2) is 6.61 Å². The van der Waals surface area contributed by atoms with Crippen molar-refractivity contribution in [1.82, 2.24) is 4.90 Å². The van der Waals surface area contributed by atoms with Crippen molar-refractivity contribution >= 4 is 11.8 Å². The Hall–Kier alpha value is -2.08. The molecule has 0 saturated carbocycles. The molecule has 1 fully saturated rings. The van der Waals surface area contributed by atoms with Crippen molar-refractivity contribution in [3.05, 3.63) is 29.8 Å². The van der Waals surface area contributed by atoms with Crippen LogP contribution in [0, 0.1) is 5.92 Å². The molecule has 0 bridgehead atoms. The summed E-state index contributed by atoms with van der Waals surface area (Å²) in [7, 11) is 0. The Morgan fingerprint density at radius 2 is 2.23 bits per heavy atom. The Morgan fingerprint density at radius 1 is 1.50 bits per heavy atom. The third-order valence-corrected chi connectivity index (χ3v) is 4.19. The van der Waals surface area contributed by atoms with Gasteiger partial charge in [0.2, 0.25) is 0 Å². The Balaban J connectivity index is 2.06. The van der Waals surface area contributed by atoms with Crippen LogP contribution in [-0.2, 0) is 4.79 Å². The van der Waals surface area contributed by atoms with Gasteiger partial charge in [-0.3, -0.25) is 9.59 Å². The fraction of sp³-hybridized carbons (Fsp3) is 0.500. The summed E-state index contributed by atoms with van der Waals surface area (Å²) in [5.41, 5.74) is 4.80. The molecule has 1 aromatic carbocycles. The van der Waals surface area contributed by atoms with Gasteiger partial charge in [0, 0.05) is 24.6 Å². The zero-order valence-electron chi connectivity index (χ0n) is 12.9. The summed E-state index contributed by atoms with van der Waals surface area (Å²) in [6.45, 7) is 4.55. The van der Waals surface area contributed by atoms with E-state index in [9.17, 15) is 14.7 Å². The van der Waals surface area contributed by atoms with Crippen LogP contribution in [-0.4, -0.2) is 47.1 Å². The first kappa shape index (κ1) is 16.3. The lowest BCUT2D eigenvalue weighted by Crippen LogP contribution is -2.50. The molecule has 2 amide bonds. The van der Waals surface area contributed by atoms with Crippen LogP contribution in [0.15, 0.2) is 24.3 Å². The first-order valence-corrected chi connectivity index (χ1v) is 7.32. The number of hydrogen-bond acceptors (Lipinski definition) is 4. The lowest BCUT2D eigenvalue weighted by molar-refractivity contribution is -0.119. The summed E-state index contributed by atoms with van der Waals surface area (Å²) < 4.78 is 5.21. The predicted octanol–water partition coefficient (Wildman–Crippen LogP) is 0.784. The molecule has 6 nitrogen and oxygen atoms in total. The Bertz CT molecular complexity index is 571. The second-order valence-corrected chi connectivity index (χ2v) is 6.04. The molecule has 0 unspecified atom stereocenters. The summed E-state index contributed by atoms with van der Waals surface area (Å²) in [4.78, 5) is 25.0. The van der Waals surface area contributed by atoms with Crippen molar-refractivity contribution in [3.8, 4) is 5.75 Å². The summed E-state index contributed by atoms with van der Waals surface area (Å²) in [5.74, 6) is -0.225. The molecule has 1 aliphatic rings. The molecule has 1 aromatic rings. The monoisotopic (exact) mass is 306 g/mol. The molecule has 1 heterocycles. The van der Waals surface area contributed by atoms with Gasteiger partial charge in [-0.05, 0) is 31.5 Å². The SMILES string of the molecule is C[C@H]1CN(C(=O)c2cccc(OCC(N)=O)c2)CC[C@@]1(C)O. The molecule has 0 aliphatic carbocycles. The smallest absolute Gasteiger partial charge is 0.255 e. The highest BCUT2D eigenvalue weighted by Crippen LogP contribution is 2.28. The number of carbonyl (C=O) groups is 2. The number of primary amides is 1. The van der Waals surface area contributed by atoms with Crippen LogP contribution < -0.4 is 10.5 Å². The Labute approximate surface area is 129 Å². The molecule has 0 radical (unpaired) electrons. The maximum Gasteiger partial charge on any atom is 0.255 e. The average Bonchev–Trinajstić information content (AvgIpc) is 2.47. The first-order chi connectivity index (χ1) is 10.3. The zero-order valence-corrected chi connectivity index (χ0v) is 12.9. The molecule has 6 heteroatoms. The van der Waals surface area contributed by atoms with Gasteiger partial charge in [-0.2, -0.15) is 0 Å². The van der Waals surface area contributed by atoms with Crippen LogP contribution in [0.2, 0.25) is 0 Å². The minimum absolute atomic E-state index is 0.0134. The van der Waals surface area contributed by atoms with Gasteiger partial charge in [-0.15, -0.1) is 0 Å². The second kappa shape index (κ2) is 6.36. The molecule has 120 valence electrons. The summed E-state index contributed by atoms with van der Waals surface area (Å²) in [6, 6.07) is 6.68. The molecular weight excluding hydrogens is 284 g/mol. The number of amides is 2. The molecule has 0 aromatic heterocycles. The lowest BCUT2D eigenvalue weighted by atomic mass is 9.84. The number of nitrogens with two attached hydrogens (primary N) is 1. The van der Waals surface area contributed by atoms with Crippen LogP contribution in [0.25, 0.3) is 0 Å². The average molecular weight is 306 g/mol. The molecule has 22 heavy (non-hydrogen) atoms. The second-order valence-electron chi connectivity index (χ2n) is 6.04. The van der Waals surface area contributed by atoms with E-state index in [1.54, 1.807) is 36.1 Å². The number of benzene rings is 1. The molecule has 0 spiro atoms. The van der Waals surface area contributed by atoms with Gasteiger partial charge in [-0.1, -0.05) is 13.0 Å². The van der Waals surface area contributed by atoms with Crippen molar-refractivity contribution in [2.24, 2.45) is 11.7 Å². The van der Waals surface area contributed by atoms with Gasteiger partial charge < -0.3 is 20.5 Å². The van der Waals surface area contributed by atoms with E-state index in [1.807, 2.05) is 6.92 Å². The number of piperidine rings is 1. The molecule has 2 atom stereocenters. The molecule has 3 N–H and O–H groups in total. The molecule has 1 saturated heterocycles. The van der Waals surface area contributed by atoms with E-state index in [0.29, 0.717) is 30.8 Å². The normalized spacial score (nSPS) is 24.9. The van der Waals surface area contributed by atoms with E-state index >= 15 is 0 Å². The quantitative estimate of drug-likeness (QED) is 0.860. The largest absolute Gasteiger partial charge is 0.484 e. The van der Waals surface area contributed by atoms with E-state index in [4.69, 9.17) is 10.5 Å². The van der Waals surface area contributed by atoms with Gasteiger partial charge in [0.05, 0.1) is 5.60 Å². The number of carbonyl (C=O) groups excluding carboxylic acids is 2. The highest BCUT2D eigenvalue weighted by molar-refractivity contribution is 5.94. The standard InChI is InChI=1S/C16H22N2O4/c1-11-9-18(7-6-16(11,2)21)15(20)12-4-3-5-13(8-12)22-10-14(17)19/h3-5,8,11,21H,6-7,9-10H2,1-2H3,(H2,17,19)/t11-,16+/m0/s1. The van der Waals surface area contributed by atoms with Crippen molar-refractivity contribution < 1.29 is 19.4 Å². The van der Waals surface area contributed by atoms with Gasteiger partial charge >= 0.3 is 0 Å². The number of nitrogens with zero attached hydrogens (tertiary/aromatic N) is 1. The van der Waals surface area contributed by atoms with E-state index in [-0.39, 0.29) is 18.4 Å². The number of ether oxygens (including phenoxy) is 1. The highest BCUT2D eigenvalue weighted by atomic mass is 16.5. The highest BCUT2D eigenvalue weighted by Gasteiger charge is 2.36. The van der Waals surface area contributed by atoms with E-state index < -0.39 is 11.5 Å². The van der Waals surface area contributed by atoms with E-state index in [2.05, 4.69) is 0 Å². The third kappa shape index (κ3) is 3.76. The maximum atomic E-state index is 12.5. The minimum Gasteiger partial charge on any atom is -0.484 e. The van der Waals surface area contributed by atoms with E-state index in [1.165, 1.54) is 0 Å². The molecule has 2 rings (SSSR count). The third-order valence-electron chi connectivity index (χ3n) is 4.19. The maximum absolute atomic E-state index is 12.5. The summed E-state index contributed by atoms with van der Waals surface area (Å²) >= 11 is 0. The first-order valence-electron chi connectivity index (χ1n) is 7.32. The van der Waals surface area contributed by atoms with Gasteiger partial charge in [0.25, 0.3) is 11.8 Å². The summed E-state index contributed by atoms with van der Waals surface area (Å²) in [5, 5.41) is 10.2. The van der Waals surface area contributed by atoms with Crippen LogP contribution in [0.1, 0.15) is 30.6 Å². The zero-order chi connectivity index (χ0) is 16.3. The van der Waals surface area contributed by atoms with Crippen molar-refractivity contribution in [2.75, 3.05) is 19.7 Å². The topological polar surface area (TPSA) is 92.9 Å². The fourth-order valence-corrected chi connectivity index (χ4v) is 2.47. The number of likely N-dealkylation sites (tertiary alicyclic amines) is 1. The molecule has 1 aliphatic heterocycles. The lowest BCUT2D eigenvalue weighted by Gasteiger charge is -2.41. The van der Waals surface area contributed by atoms with Gasteiger partial charge in [0.1, 0.15) is 5.75 Å². The van der Waals surface area contributed by atoms with Crippen LogP contribution in [0.5, 0.6) is 5.75 Å². The van der Waals surface area contributed by atoms with Gasteiger partial charge in [-0.25, -0.2) is 0 Å². The number of hydrogen-bond donors (Lipinski definition) is 2. The predicted molar refractivity (Wildman–Crippen MR) is 81.4 cm³/mol. The molecular formula is C16H22N2O4. The number of aliphatic hydroxyl groups is 1. The van der Waals surface area contributed by atoms with Crippen LogP contribution in [0.4, 0.5) is 0 Å². The Kier molecular flexibility index (Phi) is 4.71. The Morgan fingerprint density at radius 3 is 2.86 bits per heavy atom. The fourth-order valence-electron chi connectivity index (χ4n) is 2.47. The summed E-state index contributed by atoms with van der Waals surface area (Å²) in [6.07, 6.45) is 0.553. The van der Waals surface area contributed by atoms with Crippen molar-refractivity contribution in [2.45, 2.75) is 25.9 Å². The van der Waals surface area contributed by atoms with Crippen LogP contribution >= 0.6 is 0 Å². The van der Waals surface area contributed by atoms with Crippen molar-refractivity contribution in [1.29, 1.82) is 0 Å². The van der Waals surface area contributed by atoms with Crippen molar-refractivity contribution in [3.63, 3.8) is 0 Å². The van der Waals surface area contributed by atoms with E-state index in [0.717, 1.165) is 0 Å². The minimum atomic E-state index is -0.733. The number of rotatable bonds is 4. The van der Waals surface area contributed by atoms with Crippen LogP contribution in [0.3, 0.4) is 0 Å².